The number of aliphatic hydroxyl groups excluding tert-OH is 1. The topological polar surface area (TPSA) is 131 Å². The number of hydrogen-bond acceptors (Lipinski definition) is 7. The van der Waals surface area contributed by atoms with Crippen molar-refractivity contribution in [1.82, 2.24) is 5.32 Å². The van der Waals surface area contributed by atoms with Gasteiger partial charge in [-0.25, -0.2) is 4.57 Å². The second kappa shape index (κ2) is 35.8. The van der Waals surface area contributed by atoms with Crippen molar-refractivity contribution >= 4 is 19.7 Å². The standard InChI is InChI=1S/C38H76NO8P/c1-3-5-7-8-9-10-11-12-13-14-15-16-17-18-19-20-21-22-23-24-25-26-27-29-30-37(41)39-32-33-46-48(43,44)47-35-36(40)34-45-38(42)31-28-6-4-2/h36,40H,3-35H2,1-2H3,(H,39,41)(H,43,44). The van der Waals surface area contributed by atoms with E-state index in [1.54, 1.807) is 0 Å². The number of aliphatic hydroxyl groups is 1. The molecule has 0 aromatic rings. The van der Waals surface area contributed by atoms with Crippen molar-refractivity contribution in [1.29, 1.82) is 0 Å². The molecule has 0 rings (SSSR count). The predicted molar refractivity (Wildman–Crippen MR) is 197 cm³/mol. The molecule has 0 spiro atoms. The molecule has 1 amide bonds. The Hall–Kier alpha value is -0.990. The molecule has 0 aliphatic carbocycles. The van der Waals surface area contributed by atoms with Crippen molar-refractivity contribution in [3.8, 4) is 0 Å². The average molecular weight is 706 g/mol. The minimum Gasteiger partial charge on any atom is -0.463 e. The van der Waals surface area contributed by atoms with Gasteiger partial charge in [0.05, 0.1) is 13.2 Å². The minimum absolute atomic E-state index is 0.0874. The summed E-state index contributed by atoms with van der Waals surface area (Å²) in [6, 6.07) is 0. The lowest BCUT2D eigenvalue weighted by Crippen LogP contribution is -2.27. The summed E-state index contributed by atoms with van der Waals surface area (Å²) in [6.07, 6.45) is 34.3. The van der Waals surface area contributed by atoms with Gasteiger partial charge in [0.1, 0.15) is 12.7 Å². The number of amides is 1. The number of phosphoric ester groups is 1. The quantitative estimate of drug-likeness (QED) is 0.0329. The molecule has 286 valence electrons. The Labute approximate surface area is 295 Å². The monoisotopic (exact) mass is 706 g/mol. The van der Waals surface area contributed by atoms with Crippen molar-refractivity contribution < 1.29 is 37.9 Å². The van der Waals surface area contributed by atoms with Gasteiger partial charge in [0.15, 0.2) is 0 Å². The molecule has 0 saturated carbocycles. The van der Waals surface area contributed by atoms with Gasteiger partial charge in [-0.15, -0.1) is 0 Å². The van der Waals surface area contributed by atoms with Crippen LogP contribution in [0.3, 0.4) is 0 Å². The molecule has 0 radical (unpaired) electrons. The van der Waals surface area contributed by atoms with Crippen LogP contribution in [0.25, 0.3) is 0 Å². The number of nitrogens with one attached hydrogen (secondary N) is 1. The average Bonchev–Trinajstić information content (AvgIpc) is 3.07. The molecule has 0 bridgehead atoms. The second-order valence-electron chi connectivity index (χ2n) is 13.6. The van der Waals surface area contributed by atoms with Crippen molar-refractivity contribution in [2.75, 3.05) is 26.4 Å². The summed E-state index contributed by atoms with van der Waals surface area (Å²) in [5.74, 6) is -0.532. The summed E-state index contributed by atoms with van der Waals surface area (Å²) in [4.78, 5) is 33.3. The number of rotatable bonds is 38. The summed E-state index contributed by atoms with van der Waals surface area (Å²) in [5, 5.41) is 12.5. The fraction of sp³-hybridized carbons (Fsp3) is 0.947. The number of unbranched alkanes of at least 4 members (excludes halogenated alkanes) is 25. The summed E-state index contributed by atoms with van der Waals surface area (Å²) < 4.78 is 26.4. The zero-order valence-electron chi connectivity index (χ0n) is 31.2. The fourth-order valence-electron chi connectivity index (χ4n) is 5.73. The Morgan fingerprint density at radius 1 is 0.562 bits per heavy atom. The lowest BCUT2D eigenvalue weighted by molar-refractivity contribution is -0.147. The maximum absolute atomic E-state index is 12.0. The smallest absolute Gasteiger partial charge is 0.463 e. The molecular weight excluding hydrogens is 629 g/mol. The zero-order valence-corrected chi connectivity index (χ0v) is 32.1. The van der Waals surface area contributed by atoms with Gasteiger partial charge in [-0.2, -0.15) is 0 Å². The molecule has 9 nitrogen and oxygen atoms in total. The Morgan fingerprint density at radius 2 is 0.938 bits per heavy atom. The predicted octanol–water partition coefficient (Wildman–Crippen LogP) is 10.5. The first-order valence-electron chi connectivity index (χ1n) is 20.0. The largest absolute Gasteiger partial charge is 0.472 e. The molecule has 0 aliphatic heterocycles. The van der Waals surface area contributed by atoms with Crippen LogP contribution in [0.4, 0.5) is 0 Å². The normalized spacial score (nSPS) is 13.3. The van der Waals surface area contributed by atoms with Crippen LogP contribution in [0.1, 0.15) is 200 Å². The van der Waals surface area contributed by atoms with Gasteiger partial charge >= 0.3 is 13.8 Å². The number of esters is 1. The highest BCUT2D eigenvalue weighted by atomic mass is 31.2. The van der Waals surface area contributed by atoms with E-state index in [2.05, 4.69) is 12.2 Å². The number of hydrogen-bond donors (Lipinski definition) is 3. The second-order valence-corrected chi connectivity index (χ2v) is 15.1. The Balaban J connectivity index is 3.41. The number of ether oxygens (including phenoxy) is 1. The molecule has 0 aromatic carbocycles. The first kappa shape index (κ1) is 47.0. The Kier molecular flexibility index (Phi) is 35.1. The van der Waals surface area contributed by atoms with E-state index in [1.165, 1.54) is 135 Å². The fourth-order valence-corrected chi connectivity index (χ4v) is 6.49. The van der Waals surface area contributed by atoms with E-state index >= 15 is 0 Å². The molecule has 3 N–H and O–H groups in total. The molecule has 0 heterocycles. The lowest BCUT2D eigenvalue weighted by atomic mass is 10.0. The van der Waals surface area contributed by atoms with Crippen LogP contribution in [-0.2, 0) is 27.9 Å². The Bertz CT molecular complexity index is 769. The molecular formula is C38H76NO8P. The number of carbonyl (C=O) groups is 2. The maximum atomic E-state index is 12.0. The van der Waals surface area contributed by atoms with Gasteiger partial charge in [0.2, 0.25) is 5.91 Å². The van der Waals surface area contributed by atoms with E-state index in [0.717, 1.165) is 38.5 Å². The van der Waals surface area contributed by atoms with Crippen LogP contribution in [-0.4, -0.2) is 54.3 Å². The summed E-state index contributed by atoms with van der Waals surface area (Å²) in [7, 11) is -4.39. The number of phosphoric acid groups is 1. The van der Waals surface area contributed by atoms with E-state index < -0.39 is 26.5 Å². The van der Waals surface area contributed by atoms with Crippen LogP contribution in [0.5, 0.6) is 0 Å². The minimum atomic E-state index is -4.39. The van der Waals surface area contributed by atoms with Gasteiger partial charge in [0.25, 0.3) is 0 Å². The first-order chi connectivity index (χ1) is 23.3. The summed E-state index contributed by atoms with van der Waals surface area (Å²) >= 11 is 0. The van der Waals surface area contributed by atoms with Crippen LogP contribution in [0, 0.1) is 0 Å². The zero-order chi connectivity index (χ0) is 35.4. The van der Waals surface area contributed by atoms with Crippen molar-refractivity contribution in [2.24, 2.45) is 0 Å². The van der Waals surface area contributed by atoms with Gasteiger partial charge in [-0.05, 0) is 12.8 Å². The third kappa shape index (κ3) is 36.3. The Morgan fingerprint density at radius 3 is 1.38 bits per heavy atom. The van der Waals surface area contributed by atoms with Gasteiger partial charge in [-0.3, -0.25) is 18.6 Å². The van der Waals surface area contributed by atoms with Crippen LogP contribution < -0.4 is 5.32 Å². The van der Waals surface area contributed by atoms with Gasteiger partial charge < -0.3 is 20.1 Å². The van der Waals surface area contributed by atoms with Gasteiger partial charge in [0, 0.05) is 19.4 Å². The van der Waals surface area contributed by atoms with E-state index in [0.29, 0.717) is 6.42 Å². The molecule has 0 saturated heterocycles. The van der Waals surface area contributed by atoms with E-state index in [4.69, 9.17) is 13.8 Å². The summed E-state index contributed by atoms with van der Waals surface area (Å²) in [6.45, 7) is 3.38. The van der Waals surface area contributed by atoms with Crippen LogP contribution in [0.15, 0.2) is 0 Å². The van der Waals surface area contributed by atoms with Crippen molar-refractivity contribution in [3.63, 3.8) is 0 Å². The van der Waals surface area contributed by atoms with Crippen LogP contribution in [0.2, 0.25) is 0 Å². The number of carbonyl (C=O) groups excluding carboxylic acids is 2. The highest BCUT2D eigenvalue weighted by Gasteiger charge is 2.23. The molecule has 2 unspecified atom stereocenters. The molecule has 0 aliphatic rings. The molecule has 0 aromatic heterocycles. The molecule has 2 atom stereocenters. The third-order valence-electron chi connectivity index (χ3n) is 8.79. The molecule has 48 heavy (non-hydrogen) atoms. The summed E-state index contributed by atoms with van der Waals surface area (Å²) in [5.41, 5.74) is 0. The van der Waals surface area contributed by atoms with E-state index in [-0.39, 0.29) is 32.1 Å². The SMILES string of the molecule is CCCCCCCCCCCCCCCCCCCCCCCCCCC(=O)NCCOP(=O)(O)OCC(O)COC(=O)CCCCC. The highest BCUT2D eigenvalue weighted by molar-refractivity contribution is 7.47. The van der Waals surface area contributed by atoms with Crippen molar-refractivity contribution in [2.45, 2.75) is 206 Å². The van der Waals surface area contributed by atoms with Crippen molar-refractivity contribution in [3.05, 3.63) is 0 Å². The highest BCUT2D eigenvalue weighted by Crippen LogP contribution is 2.42. The van der Waals surface area contributed by atoms with Crippen LogP contribution >= 0.6 is 7.82 Å². The van der Waals surface area contributed by atoms with E-state index in [1.807, 2.05) is 6.92 Å². The molecule has 0 fully saturated rings. The van der Waals surface area contributed by atoms with E-state index in [9.17, 15) is 24.2 Å². The maximum Gasteiger partial charge on any atom is 0.472 e. The first-order valence-corrected chi connectivity index (χ1v) is 21.5. The third-order valence-corrected chi connectivity index (χ3v) is 9.77. The van der Waals surface area contributed by atoms with Gasteiger partial charge in [-0.1, -0.05) is 174 Å². The molecule has 10 heteroatoms. The lowest BCUT2D eigenvalue weighted by Gasteiger charge is -2.15.